The van der Waals surface area contributed by atoms with Gasteiger partial charge in [-0.15, -0.1) is 0 Å². The number of pyridine rings is 2. The summed E-state index contributed by atoms with van der Waals surface area (Å²) in [5.74, 6) is -0.352. The number of amides is 1. The minimum absolute atomic E-state index is 0.00952. The molecular formula is C23H17ClN6O4S. The second-order valence-electron chi connectivity index (χ2n) is 7.57. The van der Waals surface area contributed by atoms with Crippen molar-refractivity contribution >= 4 is 50.1 Å². The molecule has 0 aliphatic carbocycles. The minimum atomic E-state index is -0.408. The Morgan fingerprint density at radius 1 is 1.09 bits per heavy atom. The summed E-state index contributed by atoms with van der Waals surface area (Å²) in [4.78, 5) is 42.5. The van der Waals surface area contributed by atoms with Gasteiger partial charge in [-0.3, -0.25) is 24.5 Å². The molecule has 0 aromatic carbocycles. The molecule has 1 N–H and O–H groups in total. The molecule has 0 aliphatic heterocycles. The zero-order valence-corrected chi connectivity index (χ0v) is 20.3. The highest BCUT2D eigenvalue weighted by Gasteiger charge is 2.21. The van der Waals surface area contributed by atoms with Crippen molar-refractivity contribution in [1.82, 2.24) is 24.5 Å². The lowest BCUT2D eigenvalue weighted by Gasteiger charge is -2.13. The number of carbonyl (C=O) groups excluding carboxylic acids is 2. The van der Waals surface area contributed by atoms with E-state index in [1.165, 1.54) is 41.7 Å². The van der Waals surface area contributed by atoms with Crippen LogP contribution in [-0.4, -0.2) is 43.4 Å². The largest absolute Gasteiger partial charge is 0.494 e. The third-order valence-corrected chi connectivity index (χ3v) is 6.21. The number of nitrogens with one attached hydrogen (secondary N) is 1. The molecule has 0 unspecified atom stereocenters. The second kappa shape index (κ2) is 8.93. The molecular weight excluding hydrogens is 492 g/mol. The van der Waals surface area contributed by atoms with Crippen LogP contribution in [0.1, 0.15) is 32.4 Å². The van der Waals surface area contributed by atoms with Crippen molar-refractivity contribution < 1.29 is 18.7 Å². The Labute approximate surface area is 207 Å². The number of fused-ring (bicyclic) bond motifs is 1. The summed E-state index contributed by atoms with van der Waals surface area (Å²) in [7, 11) is 1.52. The molecule has 35 heavy (non-hydrogen) atoms. The number of aryl methyl sites for hydroxylation is 2. The molecule has 0 saturated carbocycles. The summed E-state index contributed by atoms with van der Waals surface area (Å²) in [5, 5.41) is 3.45. The van der Waals surface area contributed by atoms with Crippen molar-refractivity contribution in [2.75, 3.05) is 12.4 Å². The number of oxazole rings is 1. The van der Waals surface area contributed by atoms with E-state index in [2.05, 4.69) is 25.3 Å². The SMILES string of the molecule is COc1cnc(Cl)cc1-c1cc(C)ncc1C(=O)Nc1nc2cn(C(=O)c3nc(C)co3)cc2s1. The lowest BCUT2D eigenvalue weighted by molar-refractivity contribution is 0.0925. The molecule has 0 atom stereocenters. The van der Waals surface area contributed by atoms with Gasteiger partial charge in [0.1, 0.15) is 22.7 Å². The number of carbonyl (C=O) groups is 2. The smallest absolute Gasteiger partial charge is 0.317 e. The number of rotatable bonds is 5. The number of thiazole rings is 1. The van der Waals surface area contributed by atoms with E-state index < -0.39 is 11.8 Å². The standard InChI is InChI=1S/C23H17ClN6O4S/c1-11-4-13(14-5-19(24)26-7-17(14)33-3)15(6-25-11)20(31)29-23-28-16-8-30(9-18(16)35-23)22(32)21-27-12(2)10-34-21/h4-10H,1-3H3,(H,28,29,31). The third-order valence-electron chi connectivity index (χ3n) is 5.09. The van der Waals surface area contributed by atoms with Gasteiger partial charge in [0, 0.05) is 35.4 Å². The molecule has 0 saturated heterocycles. The van der Waals surface area contributed by atoms with E-state index in [1.54, 1.807) is 31.5 Å². The molecule has 0 spiro atoms. The number of anilines is 1. The van der Waals surface area contributed by atoms with Crippen LogP contribution in [0.25, 0.3) is 21.3 Å². The van der Waals surface area contributed by atoms with Crippen LogP contribution >= 0.6 is 22.9 Å². The summed E-state index contributed by atoms with van der Waals surface area (Å²) in [5.41, 5.74) is 3.40. The number of ether oxygens (including phenoxy) is 1. The van der Waals surface area contributed by atoms with Crippen molar-refractivity contribution in [1.29, 1.82) is 0 Å². The van der Waals surface area contributed by atoms with E-state index in [0.29, 0.717) is 43.5 Å². The maximum atomic E-state index is 13.2. The van der Waals surface area contributed by atoms with Crippen LogP contribution < -0.4 is 10.1 Å². The molecule has 176 valence electrons. The first-order valence-electron chi connectivity index (χ1n) is 10.3. The number of aromatic nitrogens is 5. The van der Waals surface area contributed by atoms with E-state index in [1.807, 2.05) is 6.92 Å². The molecule has 5 aromatic rings. The molecule has 5 heterocycles. The van der Waals surface area contributed by atoms with Gasteiger partial charge in [-0.2, -0.15) is 0 Å². The Morgan fingerprint density at radius 3 is 2.63 bits per heavy atom. The van der Waals surface area contributed by atoms with Crippen LogP contribution in [0, 0.1) is 13.8 Å². The molecule has 1 amide bonds. The fourth-order valence-electron chi connectivity index (χ4n) is 3.48. The van der Waals surface area contributed by atoms with Gasteiger partial charge in [0.15, 0.2) is 5.13 Å². The predicted octanol–water partition coefficient (Wildman–Crippen LogP) is 4.76. The molecule has 0 bridgehead atoms. The topological polar surface area (TPSA) is 125 Å². The summed E-state index contributed by atoms with van der Waals surface area (Å²) < 4.78 is 12.7. The van der Waals surface area contributed by atoms with E-state index >= 15 is 0 Å². The van der Waals surface area contributed by atoms with Gasteiger partial charge in [0.2, 0.25) is 0 Å². The van der Waals surface area contributed by atoms with Crippen molar-refractivity contribution in [3.63, 3.8) is 0 Å². The summed E-state index contributed by atoms with van der Waals surface area (Å²) >= 11 is 7.34. The molecule has 0 radical (unpaired) electrons. The third kappa shape index (κ3) is 4.38. The number of nitrogens with zero attached hydrogens (tertiary/aromatic N) is 5. The number of hydrogen-bond donors (Lipinski definition) is 1. The van der Waals surface area contributed by atoms with E-state index in [0.717, 1.165) is 5.69 Å². The Hall–Kier alpha value is -4.09. The van der Waals surface area contributed by atoms with Crippen LogP contribution in [0.3, 0.4) is 0 Å². The Kier molecular flexibility index (Phi) is 5.79. The fraction of sp³-hybridized carbons (Fsp3) is 0.130. The van der Waals surface area contributed by atoms with Crippen LogP contribution in [-0.2, 0) is 0 Å². The fourth-order valence-corrected chi connectivity index (χ4v) is 4.50. The van der Waals surface area contributed by atoms with E-state index in [-0.39, 0.29) is 11.0 Å². The second-order valence-corrected chi connectivity index (χ2v) is 8.98. The molecule has 0 aliphatic rings. The first-order chi connectivity index (χ1) is 16.8. The Balaban J connectivity index is 1.43. The zero-order chi connectivity index (χ0) is 24.7. The number of halogens is 1. The average molecular weight is 509 g/mol. The monoisotopic (exact) mass is 508 g/mol. The molecule has 5 rings (SSSR count). The van der Waals surface area contributed by atoms with Gasteiger partial charge < -0.3 is 9.15 Å². The van der Waals surface area contributed by atoms with E-state index in [4.69, 9.17) is 20.8 Å². The quantitative estimate of drug-likeness (QED) is 0.337. The predicted molar refractivity (Wildman–Crippen MR) is 130 cm³/mol. The summed E-state index contributed by atoms with van der Waals surface area (Å²) in [6, 6.07) is 3.41. The van der Waals surface area contributed by atoms with Crippen molar-refractivity contribution in [3.05, 3.63) is 71.2 Å². The highest BCUT2D eigenvalue weighted by molar-refractivity contribution is 7.22. The first kappa shape index (κ1) is 22.7. The van der Waals surface area contributed by atoms with Crippen LogP contribution in [0.4, 0.5) is 5.13 Å². The highest BCUT2D eigenvalue weighted by atomic mass is 35.5. The average Bonchev–Trinajstić information content (AvgIpc) is 3.53. The maximum absolute atomic E-state index is 13.2. The van der Waals surface area contributed by atoms with Crippen molar-refractivity contribution in [2.24, 2.45) is 0 Å². The van der Waals surface area contributed by atoms with E-state index in [9.17, 15) is 9.59 Å². The Bertz CT molecular complexity index is 1570. The summed E-state index contributed by atoms with van der Waals surface area (Å²) in [6.45, 7) is 3.56. The van der Waals surface area contributed by atoms with Gasteiger partial charge in [-0.1, -0.05) is 22.9 Å². The zero-order valence-electron chi connectivity index (χ0n) is 18.7. The van der Waals surface area contributed by atoms with Crippen LogP contribution in [0.5, 0.6) is 5.75 Å². The number of hydrogen-bond acceptors (Lipinski definition) is 9. The van der Waals surface area contributed by atoms with Gasteiger partial charge in [0.05, 0.1) is 29.3 Å². The van der Waals surface area contributed by atoms with Crippen LogP contribution in [0.2, 0.25) is 5.15 Å². The van der Waals surface area contributed by atoms with Gasteiger partial charge in [-0.25, -0.2) is 15.0 Å². The summed E-state index contributed by atoms with van der Waals surface area (Å²) in [6.07, 6.45) is 7.58. The van der Waals surface area contributed by atoms with Gasteiger partial charge in [-0.05, 0) is 26.0 Å². The highest BCUT2D eigenvalue weighted by Crippen LogP contribution is 2.34. The molecule has 0 fully saturated rings. The molecule has 5 aromatic heterocycles. The van der Waals surface area contributed by atoms with Gasteiger partial charge in [0.25, 0.3) is 11.8 Å². The normalized spacial score (nSPS) is 11.1. The molecule has 10 nitrogen and oxygen atoms in total. The molecule has 12 heteroatoms. The van der Waals surface area contributed by atoms with Crippen LogP contribution in [0.15, 0.2) is 47.6 Å². The van der Waals surface area contributed by atoms with Crippen molar-refractivity contribution in [2.45, 2.75) is 13.8 Å². The van der Waals surface area contributed by atoms with Gasteiger partial charge >= 0.3 is 5.91 Å². The lowest BCUT2D eigenvalue weighted by Crippen LogP contribution is -2.14. The number of methoxy groups -OCH3 is 1. The minimum Gasteiger partial charge on any atom is -0.494 e. The first-order valence-corrected chi connectivity index (χ1v) is 11.4. The Morgan fingerprint density at radius 2 is 1.91 bits per heavy atom. The van der Waals surface area contributed by atoms with Crippen molar-refractivity contribution in [3.8, 4) is 16.9 Å². The lowest BCUT2D eigenvalue weighted by atomic mass is 10.0. The maximum Gasteiger partial charge on any atom is 0.317 e.